The molecule has 0 aliphatic heterocycles. The van der Waals surface area contributed by atoms with Crippen LogP contribution in [0.2, 0.25) is 0 Å². The summed E-state index contributed by atoms with van der Waals surface area (Å²) in [5.41, 5.74) is 1.97. The van der Waals surface area contributed by atoms with Gasteiger partial charge in [0.25, 0.3) is 0 Å². The number of rotatable bonds is 17. The molecule has 0 amide bonds. The van der Waals surface area contributed by atoms with Crippen molar-refractivity contribution in [1.82, 2.24) is 14.9 Å². The Labute approximate surface area is 196 Å². The second kappa shape index (κ2) is 15.5. The zero-order valence-corrected chi connectivity index (χ0v) is 20.2. The fraction of sp³-hybridized carbons (Fsp3) is 0.591. The van der Waals surface area contributed by atoms with Crippen LogP contribution < -0.4 is 0 Å². The quantitative estimate of drug-likeness (QED) is 0.169. The second-order valence-corrected chi connectivity index (χ2v) is 8.12. The molecule has 0 bridgehead atoms. The van der Waals surface area contributed by atoms with Crippen LogP contribution in [0.1, 0.15) is 30.3 Å². The van der Waals surface area contributed by atoms with Gasteiger partial charge in [-0.1, -0.05) is 6.92 Å². The molecule has 0 spiro atoms. The highest BCUT2D eigenvalue weighted by molar-refractivity contribution is 14.1. The van der Waals surface area contributed by atoms with Gasteiger partial charge in [-0.15, -0.1) is 0 Å². The van der Waals surface area contributed by atoms with Crippen LogP contribution in [0.3, 0.4) is 0 Å². The average Bonchev–Trinajstić information content (AvgIpc) is 2.78. The molecule has 0 radical (unpaired) electrons. The lowest BCUT2D eigenvalue weighted by Gasteiger charge is -2.20. The van der Waals surface area contributed by atoms with Crippen molar-refractivity contribution in [2.45, 2.75) is 19.8 Å². The van der Waals surface area contributed by atoms with Gasteiger partial charge in [0.15, 0.2) is 5.78 Å². The molecule has 1 aromatic heterocycles. The summed E-state index contributed by atoms with van der Waals surface area (Å²) in [6, 6.07) is 5.81. The molecular formula is C22H31FIN3O4. The Bertz CT molecular complexity index is 796. The average molecular weight is 551 g/mol. The minimum Gasteiger partial charge on any atom is -0.378 e. The number of carbonyl (C=O) groups excluding carboxylic acids is 1. The van der Waals surface area contributed by atoms with E-state index in [-0.39, 0.29) is 12.4 Å². The summed E-state index contributed by atoms with van der Waals surface area (Å²) in [6.45, 7) is 6.73. The van der Waals surface area contributed by atoms with Gasteiger partial charge in [0.1, 0.15) is 12.4 Å². The number of halogens is 2. The van der Waals surface area contributed by atoms with E-state index in [1.54, 1.807) is 6.20 Å². The molecule has 2 rings (SSSR count). The highest BCUT2D eigenvalue weighted by Gasteiger charge is 2.11. The van der Waals surface area contributed by atoms with E-state index >= 15 is 0 Å². The van der Waals surface area contributed by atoms with E-state index in [1.165, 1.54) is 0 Å². The van der Waals surface area contributed by atoms with Crippen LogP contribution in [-0.4, -0.2) is 86.6 Å². The van der Waals surface area contributed by atoms with Crippen LogP contribution in [0.15, 0.2) is 24.4 Å². The fourth-order valence-electron chi connectivity index (χ4n) is 2.93. The van der Waals surface area contributed by atoms with Crippen molar-refractivity contribution in [2.24, 2.45) is 0 Å². The molecule has 7 nitrogen and oxygen atoms in total. The number of fused-ring (bicyclic) bond motifs is 1. The minimum absolute atomic E-state index is 0.0212. The summed E-state index contributed by atoms with van der Waals surface area (Å²) >= 11 is 2.23. The lowest BCUT2D eigenvalue weighted by molar-refractivity contribution is 0.00879. The number of aromatic nitrogens is 2. The standard InChI is InChI=1S/C22H31FIN3O4/c1-2-27(9-11-30-13-15-31-14-12-29-10-7-23)8-3-4-22(28)21-17-25-20-16-18(24)5-6-19(20)26-21/h5-6,16-17H,2-4,7-15H2,1H3/i24+4. The second-order valence-electron chi connectivity index (χ2n) is 6.88. The lowest BCUT2D eigenvalue weighted by atomic mass is 10.1. The topological polar surface area (TPSA) is 73.8 Å². The smallest absolute Gasteiger partial charge is 0.182 e. The molecule has 1 heterocycles. The molecule has 0 N–H and O–H groups in total. The van der Waals surface area contributed by atoms with E-state index in [2.05, 4.69) is 44.4 Å². The lowest BCUT2D eigenvalue weighted by Crippen LogP contribution is -2.29. The van der Waals surface area contributed by atoms with Gasteiger partial charge in [0.2, 0.25) is 0 Å². The van der Waals surface area contributed by atoms with Crippen LogP contribution >= 0.6 is 22.6 Å². The first-order valence-electron chi connectivity index (χ1n) is 10.6. The van der Waals surface area contributed by atoms with Gasteiger partial charge >= 0.3 is 0 Å². The number of hydrogen-bond acceptors (Lipinski definition) is 7. The predicted molar refractivity (Wildman–Crippen MR) is 126 cm³/mol. The predicted octanol–water partition coefficient (Wildman–Crippen LogP) is 3.54. The summed E-state index contributed by atoms with van der Waals surface area (Å²) in [4.78, 5) is 23.6. The monoisotopic (exact) mass is 551 g/mol. The van der Waals surface area contributed by atoms with Crippen molar-refractivity contribution in [1.29, 1.82) is 0 Å². The van der Waals surface area contributed by atoms with Crippen molar-refractivity contribution < 1.29 is 23.4 Å². The van der Waals surface area contributed by atoms with Crippen molar-refractivity contribution in [2.75, 3.05) is 66.0 Å². The number of likely N-dealkylation sites (N-methyl/N-ethyl adjacent to an activating group) is 1. The third kappa shape index (κ3) is 10.3. The molecule has 0 saturated carbocycles. The number of Topliss-reactive ketones (excluding diaryl/α,β-unsaturated/α-hetero) is 1. The summed E-state index contributed by atoms with van der Waals surface area (Å²) < 4.78 is 28.9. The Balaban J connectivity index is 1.58. The van der Waals surface area contributed by atoms with Crippen LogP contribution in [0.25, 0.3) is 11.0 Å². The Morgan fingerprint density at radius 2 is 1.74 bits per heavy atom. The van der Waals surface area contributed by atoms with Gasteiger partial charge in [0.05, 0.1) is 56.9 Å². The maximum Gasteiger partial charge on any atom is 0.182 e. The molecule has 1 aromatic carbocycles. The van der Waals surface area contributed by atoms with Crippen molar-refractivity contribution in [3.63, 3.8) is 0 Å². The number of benzene rings is 1. The molecule has 31 heavy (non-hydrogen) atoms. The van der Waals surface area contributed by atoms with Crippen LogP contribution in [0.5, 0.6) is 0 Å². The highest BCUT2D eigenvalue weighted by atomic mass is 131. The molecule has 0 aliphatic rings. The Hall–Kier alpha value is -1.27. The molecule has 2 aromatic rings. The summed E-state index contributed by atoms with van der Waals surface area (Å²) in [7, 11) is 0. The summed E-state index contributed by atoms with van der Waals surface area (Å²) in [5, 5.41) is 0. The van der Waals surface area contributed by atoms with Crippen molar-refractivity contribution in [3.8, 4) is 0 Å². The molecule has 0 atom stereocenters. The number of carbonyl (C=O) groups is 1. The van der Waals surface area contributed by atoms with Gasteiger partial charge in [0, 0.05) is 16.5 Å². The molecule has 0 unspecified atom stereocenters. The van der Waals surface area contributed by atoms with Crippen molar-refractivity contribution in [3.05, 3.63) is 33.7 Å². The largest absolute Gasteiger partial charge is 0.378 e. The Kier molecular flexibility index (Phi) is 13.0. The van der Waals surface area contributed by atoms with Crippen molar-refractivity contribution >= 4 is 39.4 Å². The van der Waals surface area contributed by atoms with Gasteiger partial charge in [-0.3, -0.25) is 9.78 Å². The number of nitrogens with zero attached hydrogens (tertiary/aromatic N) is 3. The van der Waals surface area contributed by atoms with Gasteiger partial charge in [-0.2, -0.15) is 0 Å². The molecule has 0 aliphatic carbocycles. The van der Waals surface area contributed by atoms with E-state index in [1.807, 2.05) is 18.2 Å². The Morgan fingerprint density at radius 1 is 1.03 bits per heavy atom. The first-order valence-corrected chi connectivity index (χ1v) is 11.7. The number of ether oxygens (including phenoxy) is 3. The third-order valence-electron chi connectivity index (χ3n) is 4.63. The molecule has 0 fully saturated rings. The molecule has 0 saturated heterocycles. The normalized spacial score (nSPS) is 11.5. The molecule has 172 valence electrons. The van der Waals surface area contributed by atoms with Gasteiger partial charge in [-0.05, 0) is 60.3 Å². The van der Waals surface area contributed by atoms with Gasteiger partial charge in [-0.25, -0.2) is 9.37 Å². The van der Waals surface area contributed by atoms with Crippen LogP contribution in [0, 0.1) is 3.57 Å². The number of alkyl halides is 1. The highest BCUT2D eigenvalue weighted by Crippen LogP contribution is 2.14. The van der Waals surface area contributed by atoms with Crippen LogP contribution in [-0.2, 0) is 14.2 Å². The summed E-state index contributed by atoms with van der Waals surface area (Å²) in [5.74, 6) is 0.0212. The Morgan fingerprint density at radius 3 is 2.45 bits per heavy atom. The SMILES string of the molecule is CCN(CCCC(=O)c1cnc2cc([131I])ccc2n1)CCOCCOCCOCCF. The van der Waals surface area contributed by atoms with Crippen LogP contribution in [0.4, 0.5) is 4.39 Å². The minimum atomic E-state index is -0.470. The van der Waals surface area contributed by atoms with E-state index in [0.717, 1.165) is 40.7 Å². The van der Waals surface area contributed by atoms with E-state index in [9.17, 15) is 9.18 Å². The maximum absolute atomic E-state index is 12.5. The molecular weight excluding hydrogens is 520 g/mol. The third-order valence-corrected chi connectivity index (χ3v) is 5.30. The zero-order chi connectivity index (χ0) is 22.3. The first-order chi connectivity index (χ1) is 15.1. The zero-order valence-electron chi connectivity index (χ0n) is 18.0. The van der Waals surface area contributed by atoms with Gasteiger partial charge < -0.3 is 19.1 Å². The summed E-state index contributed by atoms with van der Waals surface area (Å²) in [6.07, 6.45) is 2.78. The van der Waals surface area contributed by atoms with E-state index < -0.39 is 6.67 Å². The fourth-order valence-corrected chi connectivity index (χ4v) is 3.40. The molecule has 9 heteroatoms. The number of ketones is 1. The maximum atomic E-state index is 12.5. The first kappa shape index (κ1) is 26.0. The van der Waals surface area contributed by atoms with E-state index in [4.69, 9.17) is 14.2 Å². The number of hydrogen-bond donors (Lipinski definition) is 0. The van der Waals surface area contributed by atoms with E-state index in [0.29, 0.717) is 45.1 Å².